The van der Waals surface area contributed by atoms with Crippen LogP contribution < -0.4 is 21.7 Å². The molecule has 0 spiro atoms. The number of carbonyl (C=O) groups is 1. The van der Waals surface area contributed by atoms with E-state index < -0.39 is 0 Å². The molecule has 5 nitrogen and oxygen atoms in total. The molecule has 1 aliphatic heterocycles. The summed E-state index contributed by atoms with van der Waals surface area (Å²) in [5.41, 5.74) is 6.53. The van der Waals surface area contributed by atoms with Crippen LogP contribution in [0, 0.1) is 11.8 Å². The molecule has 1 aromatic rings. The summed E-state index contributed by atoms with van der Waals surface area (Å²) in [6.07, 6.45) is 3.52. The first kappa shape index (κ1) is 18.0. The van der Waals surface area contributed by atoms with Gasteiger partial charge in [0.25, 0.3) is 0 Å². The van der Waals surface area contributed by atoms with Gasteiger partial charge in [-0.2, -0.15) is 0 Å². The molecule has 2 aliphatic rings. The van der Waals surface area contributed by atoms with Crippen LogP contribution in [0.15, 0.2) is 18.2 Å². The van der Waals surface area contributed by atoms with Gasteiger partial charge in [0.2, 0.25) is 5.91 Å². The van der Waals surface area contributed by atoms with Crippen LogP contribution in [0.3, 0.4) is 0 Å². The van der Waals surface area contributed by atoms with E-state index in [4.69, 9.17) is 28.9 Å². The van der Waals surface area contributed by atoms with Gasteiger partial charge in [0.05, 0.1) is 22.1 Å². The number of benzene rings is 1. The number of fused-ring (bicyclic) bond motifs is 1. The molecular formula is C17H24Cl2N4O. The first-order chi connectivity index (χ1) is 11.5. The molecule has 5 unspecified atom stereocenters. The summed E-state index contributed by atoms with van der Waals surface area (Å²) in [4.78, 5) is 12.7. The van der Waals surface area contributed by atoms with E-state index >= 15 is 0 Å². The lowest BCUT2D eigenvalue weighted by molar-refractivity contribution is -0.121. The van der Waals surface area contributed by atoms with E-state index in [1.165, 1.54) is 19.3 Å². The Bertz CT molecular complexity index is 612. The average Bonchev–Trinajstić information content (AvgIpc) is 3.01. The van der Waals surface area contributed by atoms with Crippen molar-refractivity contribution in [1.82, 2.24) is 10.6 Å². The van der Waals surface area contributed by atoms with E-state index in [1.54, 1.807) is 18.2 Å². The average molecular weight is 371 g/mol. The fourth-order valence-corrected chi connectivity index (χ4v) is 4.21. The van der Waals surface area contributed by atoms with Crippen molar-refractivity contribution in [2.45, 2.75) is 44.4 Å². The van der Waals surface area contributed by atoms with Gasteiger partial charge in [-0.05, 0) is 43.9 Å². The fraction of sp³-hybridized carbons (Fsp3) is 0.588. The van der Waals surface area contributed by atoms with Crippen LogP contribution >= 0.6 is 23.2 Å². The zero-order chi connectivity index (χ0) is 17.3. The van der Waals surface area contributed by atoms with Gasteiger partial charge in [-0.15, -0.1) is 0 Å². The first-order valence-electron chi connectivity index (χ1n) is 8.47. The van der Waals surface area contributed by atoms with Crippen LogP contribution in [0.4, 0.5) is 5.69 Å². The third kappa shape index (κ3) is 3.70. The highest BCUT2D eigenvalue weighted by atomic mass is 35.5. The molecule has 5 N–H and O–H groups in total. The lowest BCUT2D eigenvalue weighted by atomic mass is 9.89. The Labute approximate surface area is 152 Å². The Morgan fingerprint density at radius 3 is 2.83 bits per heavy atom. The van der Waals surface area contributed by atoms with Gasteiger partial charge in [0.1, 0.15) is 0 Å². The van der Waals surface area contributed by atoms with Crippen molar-refractivity contribution in [3.8, 4) is 0 Å². The zero-order valence-corrected chi connectivity index (χ0v) is 15.2. The summed E-state index contributed by atoms with van der Waals surface area (Å²) < 4.78 is 0. The van der Waals surface area contributed by atoms with Crippen LogP contribution in [0.25, 0.3) is 0 Å². The lowest BCUT2D eigenvalue weighted by Gasteiger charge is -2.42. The van der Waals surface area contributed by atoms with Crippen molar-refractivity contribution < 1.29 is 4.79 Å². The minimum atomic E-state index is -0.358. The molecule has 7 heteroatoms. The summed E-state index contributed by atoms with van der Waals surface area (Å²) in [7, 11) is 0. The minimum Gasteiger partial charge on any atom is -0.330 e. The van der Waals surface area contributed by atoms with Gasteiger partial charge < -0.3 is 11.1 Å². The summed E-state index contributed by atoms with van der Waals surface area (Å²) in [5, 5.41) is 10.9. The van der Waals surface area contributed by atoms with E-state index in [9.17, 15) is 4.79 Å². The number of hydrogen-bond donors (Lipinski definition) is 4. The number of nitrogens with two attached hydrogens (primary N) is 1. The monoisotopic (exact) mass is 370 g/mol. The summed E-state index contributed by atoms with van der Waals surface area (Å²) in [6, 6.07) is 5.90. The molecule has 0 radical (unpaired) electrons. The predicted molar refractivity (Wildman–Crippen MR) is 98.3 cm³/mol. The number of nitrogens with one attached hydrogen (secondary N) is 3. The Balaban J connectivity index is 1.68. The first-order valence-corrected chi connectivity index (χ1v) is 9.23. The standard InChI is InChI=1S/C17H24Cl2N4O/c1-9-11-3-2-4-15(11)23-16(21-9)12(8-20)17(24)22-10-5-6-13(18)14(19)7-10/h5-7,9,11-12,15-16,21,23H,2-4,8,20H2,1H3,(H,22,24). The Morgan fingerprint density at radius 1 is 1.33 bits per heavy atom. The zero-order valence-electron chi connectivity index (χ0n) is 13.7. The minimum absolute atomic E-state index is 0.118. The molecule has 3 rings (SSSR count). The number of hydrogen-bond acceptors (Lipinski definition) is 4. The third-order valence-electron chi connectivity index (χ3n) is 5.23. The fourth-order valence-electron chi connectivity index (χ4n) is 3.92. The smallest absolute Gasteiger partial charge is 0.231 e. The number of halogens is 2. The van der Waals surface area contributed by atoms with Gasteiger partial charge in [-0.1, -0.05) is 29.6 Å². The molecule has 5 atom stereocenters. The topological polar surface area (TPSA) is 79.2 Å². The molecule has 1 saturated carbocycles. The van der Waals surface area contributed by atoms with Crippen molar-refractivity contribution in [2.24, 2.45) is 17.6 Å². The molecule has 2 fully saturated rings. The van der Waals surface area contributed by atoms with Gasteiger partial charge in [0.15, 0.2) is 0 Å². The van der Waals surface area contributed by atoms with Crippen molar-refractivity contribution in [3.05, 3.63) is 28.2 Å². The molecule has 132 valence electrons. The number of rotatable bonds is 4. The highest BCUT2D eigenvalue weighted by Gasteiger charge is 2.41. The highest BCUT2D eigenvalue weighted by Crippen LogP contribution is 2.32. The maximum atomic E-state index is 12.7. The quantitative estimate of drug-likeness (QED) is 0.656. The second-order valence-electron chi connectivity index (χ2n) is 6.76. The van der Waals surface area contributed by atoms with E-state index in [1.807, 2.05) is 0 Å². The molecule has 0 bridgehead atoms. The molecule has 1 saturated heterocycles. The molecule has 1 aliphatic carbocycles. The summed E-state index contributed by atoms with van der Waals surface area (Å²) in [6.45, 7) is 2.46. The summed E-state index contributed by atoms with van der Waals surface area (Å²) >= 11 is 11.9. The maximum absolute atomic E-state index is 12.7. The van der Waals surface area contributed by atoms with E-state index in [0.29, 0.717) is 33.7 Å². The van der Waals surface area contributed by atoms with Gasteiger partial charge >= 0.3 is 0 Å². The van der Waals surface area contributed by atoms with Crippen LogP contribution in [0.5, 0.6) is 0 Å². The Kier molecular flexibility index (Phi) is 5.67. The molecular weight excluding hydrogens is 347 g/mol. The predicted octanol–water partition coefficient (Wildman–Crippen LogP) is 2.58. The van der Waals surface area contributed by atoms with Crippen molar-refractivity contribution in [3.63, 3.8) is 0 Å². The second kappa shape index (κ2) is 7.58. The van der Waals surface area contributed by atoms with E-state index in [0.717, 1.165) is 0 Å². The van der Waals surface area contributed by atoms with Crippen molar-refractivity contribution in [2.75, 3.05) is 11.9 Å². The number of amides is 1. The van der Waals surface area contributed by atoms with Crippen LogP contribution in [-0.2, 0) is 4.79 Å². The van der Waals surface area contributed by atoms with Crippen molar-refractivity contribution in [1.29, 1.82) is 0 Å². The number of anilines is 1. The van der Waals surface area contributed by atoms with E-state index in [-0.39, 0.29) is 24.5 Å². The Hall–Kier alpha value is -0.850. The van der Waals surface area contributed by atoms with Gasteiger partial charge in [0, 0.05) is 24.3 Å². The van der Waals surface area contributed by atoms with Crippen LogP contribution in [-0.4, -0.2) is 30.7 Å². The summed E-state index contributed by atoms with van der Waals surface area (Å²) in [5.74, 6) is 0.158. The third-order valence-corrected chi connectivity index (χ3v) is 5.97. The van der Waals surface area contributed by atoms with Crippen LogP contribution in [0.2, 0.25) is 10.0 Å². The van der Waals surface area contributed by atoms with Crippen molar-refractivity contribution >= 4 is 34.8 Å². The Morgan fingerprint density at radius 2 is 2.12 bits per heavy atom. The van der Waals surface area contributed by atoms with Gasteiger partial charge in [-0.3, -0.25) is 15.4 Å². The molecule has 24 heavy (non-hydrogen) atoms. The number of carbonyl (C=O) groups excluding carboxylic acids is 1. The lowest BCUT2D eigenvalue weighted by Crippen LogP contribution is -2.65. The van der Waals surface area contributed by atoms with Gasteiger partial charge in [-0.25, -0.2) is 0 Å². The molecule has 1 heterocycles. The molecule has 1 amide bonds. The normalized spacial score (nSPS) is 30.7. The largest absolute Gasteiger partial charge is 0.330 e. The highest BCUT2D eigenvalue weighted by molar-refractivity contribution is 6.42. The molecule has 1 aromatic carbocycles. The maximum Gasteiger partial charge on any atom is 0.231 e. The van der Waals surface area contributed by atoms with E-state index in [2.05, 4.69) is 22.9 Å². The SMILES string of the molecule is CC1NC(C(CN)C(=O)Nc2ccc(Cl)c(Cl)c2)NC2CCCC12. The molecule has 0 aromatic heterocycles. The van der Waals surface area contributed by atoms with Crippen LogP contribution in [0.1, 0.15) is 26.2 Å². The second-order valence-corrected chi connectivity index (χ2v) is 7.58.